The van der Waals surface area contributed by atoms with Crippen LogP contribution in [-0.2, 0) is 4.79 Å². The number of hydrogen-bond donors (Lipinski definition) is 1. The lowest BCUT2D eigenvalue weighted by atomic mass is 9.94. The van der Waals surface area contributed by atoms with Crippen LogP contribution in [0.25, 0.3) is 0 Å². The van der Waals surface area contributed by atoms with E-state index < -0.39 is 0 Å². The molecule has 1 saturated carbocycles. The van der Waals surface area contributed by atoms with Gasteiger partial charge in [-0.15, -0.1) is 0 Å². The number of benzene rings is 2. The molecule has 0 aliphatic heterocycles. The average molecular weight is 323 g/mol. The number of nitrogens with one attached hydrogen (secondary N) is 1. The number of rotatable bonds is 6. The lowest BCUT2D eigenvalue weighted by Gasteiger charge is -2.22. The summed E-state index contributed by atoms with van der Waals surface area (Å²) in [6, 6.07) is 16.2. The highest BCUT2D eigenvalue weighted by atomic mass is 16.5. The van der Waals surface area contributed by atoms with Gasteiger partial charge >= 0.3 is 0 Å². The normalized spacial score (nSPS) is 15.2. The molecule has 3 nitrogen and oxygen atoms in total. The molecular weight excluding hydrogens is 298 g/mol. The van der Waals surface area contributed by atoms with Crippen molar-refractivity contribution >= 4 is 5.91 Å². The van der Waals surface area contributed by atoms with E-state index in [-0.39, 0.29) is 17.9 Å². The zero-order chi connectivity index (χ0) is 17.1. The van der Waals surface area contributed by atoms with E-state index >= 15 is 0 Å². The van der Waals surface area contributed by atoms with E-state index in [1.54, 1.807) is 7.11 Å². The number of amides is 1. The van der Waals surface area contributed by atoms with Crippen molar-refractivity contribution < 1.29 is 9.53 Å². The van der Waals surface area contributed by atoms with Gasteiger partial charge in [-0.05, 0) is 36.0 Å². The molecule has 2 aromatic carbocycles. The number of ether oxygens (including phenoxy) is 1. The Morgan fingerprint density at radius 3 is 2.25 bits per heavy atom. The summed E-state index contributed by atoms with van der Waals surface area (Å²) in [5.41, 5.74) is 3.37. The van der Waals surface area contributed by atoms with Gasteiger partial charge < -0.3 is 10.1 Å². The molecule has 3 heteroatoms. The fraction of sp³-hybridized carbons (Fsp3) is 0.381. The molecule has 1 amide bonds. The van der Waals surface area contributed by atoms with E-state index in [1.165, 1.54) is 5.56 Å². The number of carbonyl (C=O) groups excluding carboxylic acids is 1. The Bertz CT molecular complexity index is 702. The summed E-state index contributed by atoms with van der Waals surface area (Å²) in [4.78, 5) is 12.4. The van der Waals surface area contributed by atoms with Crippen molar-refractivity contribution in [2.75, 3.05) is 7.11 Å². The summed E-state index contributed by atoms with van der Waals surface area (Å²) in [5.74, 6) is 1.60. The van der Waals surface area contributed by atoms with Gasteiger partial charge in [0.25, 0.3) is 0 Å². The molecule has 0 heterocycles. The first kappa shape index (κ1) is 16.6. The summed E-state index contributed by atoms with van der Waals surface area (Å²) in [6.07, 6.45) is 1.99. The van der Waals surface area contributed by atoms with Crippen LogP contribution >= 0.6 is 0 Å². The van der Waals surface area contributed by atoms with Crippen molar-refractivity contribution in [2.45, 2.75) is 38.6 Å². The molecule has 0 spiro atoms. The van der Waals surface area contributed by atoms with Gasteiger partial charge in [0.2, 0.25) is 5.91 Å². The third-order valence-electron chi connectivity index (χ3n) is 4.62. The highest BCUT2D eigenvalue weighted by Crippen LogP contribution is 2.34. The second-order valence-corrected chi connectivity index (χ2v) is 6.78. The average Bonchev–Trinajstić information content (AvgIpc) is 3.45. The topological polar surface area (TPSA) is 38.3 Å². The fourth-order valence-electron chi connectivity index (χ4n) is 2.92. The van der Waals surface area contributed by atoms with Crippen molar-refractivity contribution in [1.29, 1.82) is 0 Å². The van der Waals surface area contributed by atoms with Gasteiger partial charge in [0, 0.05) is 11.5 Å². The Morgan fingerprint density at radius 1 is 1.04 bits per heavy atom. The van der Waals surface area contributed by atoms with Crippen LogP contribution in [-0.4, -0.2) is 13.0 Å². The van der Waals surface area contributed by atoms with Crippen LogP contribution in [0, 0.1) is 5.92 Å². The van der Waals surface area contributed by atoms with Crippen LogP contribution in [0.1, 0.15) is 55.3 Å². The van der Waals surface area contributed by atoms with Gasteiger partial charge in [-0.3, -0.25) is 4.79 Å². The maximum atomic E-state index is 12.4. The summed E-state index contributed by atoms with van der Waals surface area (Å²) in [5, 5.41) is 3.22. The van der Waals surface area contributed by atoms with E-state index in [4.69, 9.17) is 4.74 Å². The van der Waals surface area contributed by atoms with E-state index in [1.807, 2.05) is 24.3 Å². The van der Waals surface area contributed by atoms with Gasteiger partial charge in [0.1, 0.15) is 5.75 Å². The molecule has 0 aromatic heterocycles. The van der Waals surface area contributed by atoms with E-state index in [9.17, 15) is 4.79 Å². The molecule has 0 bridgehead atoms. The second-order valence-electron chi connectivity index (χ2n) is 6.78. The van der Waals surface area contributed by atoms with Crippen LogP contribution in [0.4, 0.5) is 0 Å². The maximum Gasteiger partial charge on any atom is 0.223 e. The van der Waals surface area contributed by atoms with Crippen LogP contribution in [0.5, 0.6) is 5.75 Å². The molecule has 2 aromatic rings. The van der Waals surface area contributed by atoms with Crippen LogP contribution in [0.3, 0.4) is 0 Å². The summed E-state index contributed by atoms with van der Waals surface area (Å²) < 4.78 is 5.52. The Morgan fingerprint density at radius 2 is 1.67 bits per heavy atom. The largest absolute Gasteiger partial charge is 0.496 e. The number of carbonyl (C=O) groups is 1. The van der Waals surface area contributed by atoms with E-state index in [2.05, 4.69) is 43.4 Å². The smallest absolute Gasteiger partial charge is 0.223 e. The van der Waals surface area contributed by atoms with Crippen molar-refractivity contribution in [3.8, 4) is 5.75 Å². The quantitative estimate of drug-likeness (QED) is 0.854. The highest BCUT2D eigenvalue weighted by molar-refractivity contribution is 5.81. The highest BCUT2D eigenvalue weighted by Gasteiger charge is 2.32. The third-order valence-corrected chi connectivity index (χ3v) is 4.62. The zero-order valence-corrected chi connectivity index (χ0v) is 14.6. The maximum absolute atomic E-state index is 12.4. The summed E-state index contributed by atoms with van der Waals surface area (Å²) >= 11 is 0. The molecule has 24 heavy (non-hydrogen) atoms. The SMILES string of the molecule is COc1ccccc1C(NC(=O)C1CC1)c1ccc(C(C)C)cc1. The molecule has 126 valence electrons. The van der Waals surface area contributed by atoms with Crippen LogP contribution in [0.2, 0.25) is 0 Å². The van der Waals surface area contributed by atoms with Gasteiger partial charge in [-0.2, -0.15) is 0 Å². The Kier molecular flexibility index (Phi) is 4.89. The molecule has 1 fully saturated rings. The van der Waals surface area contributed by atoms with E-state index in [0.717, 1.165) is 29.7 Å². The summed E-state index contributed by atoms with van der Waals surface area (Å²) in [7, 11) is 1.67. The third kappa shape index (κ3) is 3.61. The number of hydrogen-bond acceptors (Lipinski definition) is 2. The van der Waals surface area contributed by atoms with Gasteiger partial charge in [-0.25, -0.2) is 0 Å². The molecule has 1 atom stereocenters. The monoisotopic (exact) mass is 323 g/mol. The number of methoxy groups -OCH3 is 1. The fourth-order valence-corrected chi connectivity index (χ4v) is 2.92. The first-order valence-electron chi connectivity index (χ1n) is 8.63. The van der Waals surface area contributed by atoms with Crippen molar-refractivity contribution in [3.63, 3.8) is 0 Å². The molecule has 3 rings (SSSR count). The Hall–Kier alpha value is -2.29. The first-order chi connectivity index (χ1) is 11.6. The lowest BCUT2D eigenvalue weighted by Crippen LogP contribution is -2.30. The Balaban J connectivity index is 1.96. The predicted molar refractivity (Wildman–Crippen MR) is 96.2 cm³/mol. The standard InChI is InChI=1S/C21H25NO2/c1-14(2)15-8-10-16(11-9-15)20(22-21(23)17-12-13-17)18-6-4-5-7-19(18)24-3/h4-11,14,17,20H,12-13H2,1-3H3,(H,22,23). The first-order valence-corrected chi connectivity index (χ1v) is 8.63. The van der Waals surface area contributed by atoms with Crippen molar-refractivity contribution in [1.82, 2.24) is 5.32 Å². The van der Waals surface area contributed by atoms with Crippen molar-refractivity contribution in [3.05, 3.63) is 65.2 Å². The molecule has 1 unspecified atom stereocenters. The number of para-hydroxylation sites is 1. The van der Waals surface area contributed by atoms with Crippen LogP contribution in [0.15, 0.2) is 48.5 Å². The molecular formula is C21H25NO2. The van der Waals surface area contributed by atoms with Gasteiger partial charge in [-0.1, -0.05) is 56.3 Å². The minimum Gasteiger partial charge on any atom is -0.496 e. The molecule has 1 aliphatic carbocycles. The van der Waals surface area contributed by atoms with Gasteiger partial charge in [0.15, 0.2) is 0 Å². The van der Waals surface area contributed by atoms with Crippen LogP contribution < -0.4 is 10.1 Å². The molecule has 0 radical (unpaired) electrons. The molecule has 1 aliphatic rings. The molecule has 1 N–H and O–H groups in total. The minimum atomic E-state index is -0.185. The second kappa shape index (κ2) is 7.08. The predicted octanol–water partition coefficient (Wildman–Crippen LogP) is 4.43. The Labute approximate surface area is 144 Å². The minimum absolute atomic E-state index is 0.138. The molecule has 0 saturated heterocycles. The lowest BCUT2D eigenvalue weighted by molar-refractivity contribution is -0.122. The summed E-state index contributed by atoms with van der Waals surface area (Å²) in [6.45, 7) is 4.36. The zero-order valence-electron chi connectivity index (χ0n) is 14.6. The van der Waals surface area contributed by atoms with Gasteiger partial charge in [0.05, 0.1) is 13.2 Å². The van der Waals surface area contributed by atoms with Crippen molar-refractivity contribution in [2.24, 2.45) is 5.92 Å². The van der Waals surface area contributed by atoms with E-state index in [0.29, 0.717) is 5.92 Å².